The van der Waals surface area contributed by atoms with Crippen molar-refractivity contribution in [3.8, 4) is 0 Å². The number of rotatable bonds is 3. The number of sulfonamides is 1. The lowest BCUT2D eigenvalue weighted by Crippen LogP contribution is -2.54. The van der Waals surface area contributed by atoms with Crippen LogP contribution < -0.4 is 11.1 Å². The average molecular weight is 248 g/mol. The number of fused-ring (bicyclic) bond motifs is 1. The van der Waals surface area contributed by atoms with Crippen molar-refractivity contribution in [3.05, 3.63) is 0 Å². The summed E-state index contributed by atoms with van der Waals surface area (Å²) in [6, 6.07) is -0.130. The quantitative estimate of drug-likeness (QED) is 0.603. The van der Waals surface area contributed by atoms with Crippen LogP contribution in [-0.4, -0.2) is 68.2 Å². The Balaban J connectivity index is 2.04. The van der Waals surface area contributed by atoms with Gasteiger partial charge in [-0.25, -0.2) is 13.2 Å². The van der Waals surface area contributed by atoms with Gasteiger partial charge in [0, 0.05) is 32.7 Å². The summed E-state index contributed by atoms with van der Waals surface area (Å²) in [5.74, 6) is -0.0267. The Hall–Kier alpha value is -0.860. The number of nitrogens with zero attached hydrogens (tertiary/aromatic N) is 2. The molecule has 0 saturated carbocycles. The molecule has 0 aliphatic carbocycles. The minimum absolute atomic E-state index is 0.0267. The molecule has 0 bridgehead atoms. The highest BCUT2D eigenvalue weighted by atomic mass is 32.2. The Morgan fingerprint density at radius 3 is 2.88 bits per heavy atom. The van der Waals surface area contributed by atoms with E-state index in [1.165, 1.54) is 4.31 Å². The Morgan fingerprint density at radius 2 is 2.19 bits per heavy atom. The fourth-order valence-electron chi connectivity index (χ4n) is 2.11. The Labute approximate surface area is 94.6 Å². The van der Waals surface area contributed by atoms with Gasteiger partial charge in [0.25, 0.3) is 0 Å². The summed E-state index contributed by atoms with van der Waals surface area (Å²) in [5.41, 5.74) is 5.27. The molecule has 2 fully saturated rings. The average Bonchev–Trinajstić information content (AvgIpc) is 2.60. The van der Waals surface area contributed by atoms with Gasteiger partial charge in [-0.2, -0.15) is 4.31 Å². The maximum Gasteiger partial charge on any atom is 0.317 e. The molecular weight excluding hydrogens is 232 g/mol. The van der Waals surface area contributed by atoms with Crippen LogP contribution in [0.4, 0.5) is 4.79 Å². The first kappa shape index (κ1) is 11.6. The summed E-state index contributed by atoms with van der Waals surface area (Å²) in [7, 11) is -3.25. The predicted molar refractivity (Wildman–Crippen MR) is 58.3 cm³/mol. The lowest BCUT2D eigenvalue weighted by atomic mass is 10.2. The van der Waals surface area contributed by atoms with Crippen LogP contribution in [0.5, 0.6) is 0 Å². The number of hydrogen-bond donors (Lipinski definition) is 2. The smallest absolute Gasteiger partial charge is 0.317 e. The third kappa shape index (κ3) is 2.00. The van der Waals surface area contributed by atoms with Crippen molar-refractivity contribution in [2.75, 3.05) is 38.5 Å². The van der Waals surface area contributed by atoms with E-state index in [1.54, 1.807) is 4.90 Å². The van der Waals surface area contributed by atoms with Crippen LogP contribution >= 0.6 is 0 Å². The Kier molecular flexibility index (Phi) is 3.04. The molecule has 2 amide bonds. The maximum absolute atomic E-state index is 11.8. The number of nitrogens with one attached hydrogen (secondary N) is 1. The molecule has 2 aliphatic heterocycles. The van der Waals surface area contributed by atoms with Gasteiger partial charge < -0.3 is 16.0 Å². The van der Waals surface area contributed by atoms with Gasteiger partial charge in [0.1, 0.15) is 0 Å². The summed E-state index contributed by atoms with van der Waals surface area (Å²) in [5, 5.41) is 2.71. The van der Waals surface area contributed by atoms with Crippen LogP contribution in [0.15, 0.2) is 0 Å². The van der Waals surface area contributed by atoms with Gasteiger partial charge in [0.15, 0.2) is 0 Å². The lowest BCUT2D eigenvalue weighted by molar-refractivity contribution is 0.164. The SMILES string of the molecule is NCCS(=O)(=O)N1CCN2C(=O)NCC2C1. The third-order valence-corrected chi connectivity index (χ3v) is 4.83. The molecule has 2 heterocycles. The standard InChI is InChI=1S/C8H16N4O3S/c9-1-4-16(14,15)11-2-3-12-7(6-11)5-10-8(12)13/h7H,1-6,9H2,(H,10,13). The highest BCUT2D eigenvalue weighted by Gasteiger charge is 2.38. The molecule has 3 N–H and O–H groups in total. The Bertz CT molecular complexity index is 383. The number of hydrogen-bond acceptors (Lipinski definition) is 4. The van der Waals surface area contributed by atoms with Gasteiger partial charge in [-0.1, -0.05) is 0 Å². The zero-order valence-electron chi connectivity index (χ0n) is 8.92. The van der Waals surface area contributed by atoms with Crippen molar-refractivity contribution in [2.45, 2.75) is 6.04 Å². The van der Waals surface area contributed by atoms with E-state index < -0.39 is 10.0 Å². The molecular formula is C8H16N4O3S. The molecule has 2 aliphatic rings. The summed E-state index contributed by atoms with van der Waals surface area (Å²) in [4.78, 5) is 13.0. The normalized spacial score (nSPS) is 26.7. The number of piperazine rings is 1. The largest absolute Gasteiger partial charge is 0.336 e. The van der Waals surface area contributed by atoms with Crippen LogP contribution in [0.25, 0.3) is 0 Å². The van der Waals surface area contributed by atoms with Crippen molar-refractivity contribution >= 4 is 16.1 Å². The number of carbonyl (C=O) groups excluding carboxylic acids is 1. The molecule has 0 aromatic carbocycles. The molecule has 1 unspecified atom stereocenters. The second-order valence-corrected chi connectivity index (χ2v) is 6.08. The van der Waals surface area contributed by atoms with E-state index in [0.717, 1.165) is 0 Å². The molecule has 2 saturated heterocycles. The fraction of sp³-hybridized carbons (Fsp3) is 0.875. The van der Waals surface area contributed by atoms with Crippen LogP contribution in [0.3, 0.4) is 0 Å². The fourth-order valence-corrected chi connectivity index (χ4v) is 3.42. The molecule has 16 heavy (non-hydrogen) atoms. The zero-order chi connectivity index (χ0) is 11.8. The molecule has 92 valence electrons. The number of amides is 2. The van der Waals surface area contributed by atoms with E-state index in [0.29, 0.717) is 26.2 Å². The van der Waals surface area contributed by atoms with Gasteiger partial charge >= 0.3 is 6.03 Å². The molecule has 0 aromatic heterocycles. The molecule has 7 nitrogen and oxygen atoms in total. The molecule has 1 atom stereocenters. The second kappa shape index (κ2) is 4.19. The lowest BCUT2D eigenvalue weighted by Gasteiger charge is -2.35. The van der Waals surface area contributed by atoms with Crippen LogP contribution in [0.2, 0.25) is 0 Å². The first-order chi connectivity index (χ1) is 7.54. The number of urea groups is 1. The van der Waals surface area contributed by atoms with E-state index in [2.05, 4.69) is 5.32 Å². The molecule has 8 heteroatoms. The summed E-state index contributed by atoms with van der Waals surface area (Å²) >= 11 is 0. The van der Waals surface area contributed by atoms with E-state index >= 15 is 0 Å². The second-order valence-electron chi connectivity index (χ2n) is 4.00. The van der Waals surface area contributed by atoms with E-state index in [4.69, 9.17) is 5.73 Å². The van der Waals surface area contributed by atoms with Gasteiger partial charge in [-0.3, -0.25) is 0 Å². The highest BCUT2D eigenvalue weighted by Crippen LogP contribution is 2.16. The number of carbonyl (C=O) groups is 1. The predicted octanol–water partition coefficient (Wildman–Crippen LogP) is -2.02. The van der Waals surface area contributed by atoms with Crippen molar-refractivity contribution in [1.29, 1.82) is 0 Å². The third-order valence-electron chi connectivity index (χ3n) is 2.96. The van der Waals surface area contributed by atoms with E-state index in [-0.39, 0.29) is 24.4 Å². The topological polar surface area (TPSA) is 95.7 Å². The summed E-state index contributed by atoms with van der Waals surface area (Å²) < 4.78 is 25.0. The van der Waals surface area contributed by atoms with E-state index in [9.17, 15) is 13.2 Å². The van der Waals surface area contributed by atoms with Gasteiger partial charge in [-0.05, 0) is 0 Å². The van der Waals surface area contributed by atoms with Crippen LogP contribution in [0.1, 0.15) is 0 Å². The van der Waals surface area contributed by atoms with Crippen LogP contribution in [0, 0.1) is 0 Å². The highest BCUT2D eigenvalue weighted by molar-refractivity contribution is 7.89. The molecule has 0 radical (unpaired) electrons. The minimum atomic E-state index is -3.25. The van der Waals surface area contributed by atoms with Crippen molar-refractivity contribution < 1.29 is 13.2 Å². The first-order valence-corrected chi connectivity index (χ1v) is 6.88. The Morgan fingerprint density at radius 1 is 1.44 bits per heavy atom. The molecule has 0 spiro atoms. The van der Waals surface area contributed by atoms with Crippen molar-refractivity contribution in [3.63, 3.8) is 0 Å². The van der Waals surface area contributed by atoms with Crippen molar-refractivity contribution in [1.82, 2.24) is 14.5 Å². The van der Waals surface area contributed by atoms with Crippen LogP contribution in [-0.2, 0) is 10.0 Å². The summed E-state index contributed by atoms with van der Waals surface area (Å²) in [6.07, 6.45) is 0. The van der Waals surface area contributed by atoms with Gasteiger partial charge in [0.05, 0.1) is 11.8 Å². The zero-order valence-corrected chi connectivity index (χ0v) is 9.74. The maximum atomic E-state index is 11.8. The monoisotopic (exact) mass is 248 g/mol. The van der Waals surface area contributed by atoms with E-state index in [1.807, 2.05) is 0 Å². The first-order valence-electron chi connectivity index (χ1n) is 5.27. The summed E-state index contributed by atoms with van der Waals surface area (Å²) in [6.45, 7) is 1.85. The van der Waals surface area contributed by atoms with Gasteiger partial charge in [0.2, 0.25) is 10.0 Å². The minimum Gasteiger partial charge on any atom is -0.336 e. The number of nitrogens with two attached hydrogens (primary N) is 1. The molecule has 2 rings (SSSR count). The van der Waals surface area contributed by atoms with Crippen molar-refractivity contribution in [2.24, 2.45) is 5.73 Å². The molecule has 0 aromatic rings. The van der Waals surface area contributed by atoms with Gasteiger partial charge in [-0.15, -0.1) is 0 Å².